The predicted molar refractivity (Wildman–Crippen MR) is 121 cm³/mol. The maximum atomic E-state index is 13.4. The fraction of sp³-hybridized carbons (Fsp3) is 0.318. The Hall–Kier alpha value is -2.44. The smallest absolute Gasteiger partial charge is 0.274 e. The molecule has 1 aromatic carbocycles. The van der Waals surface area contributed by atoms with Crippen molar-refractivity contribution in [1.29, 1.82) is 0 Å². The Morgan fingerprint density at radius 1 is 1.21 bits per heavy atom. The summed E-state index contributed by atoms with van der Waals surface area (Å²) in [4.78, 5) is 24.9. The first-order valence-electron chi connectivity index (χ1n) is 9.52. The van der Waals surface area contributed by atoms with Gasteiger partial charge in [-0.2, -0.15) is 0 Å². The van der Waals surface area contributed by atoms with Crippen molar-refractivity contribution >= 4 is 34.7 Å². The summed E-state index contributed by atoms with van der Waals surface area (Å²) < 4.78 is 0. The lowest BCUT2D eigenvalue weighted by Crippen LogP contribution is -2.45. The summed E-state index contributed by atoms with van der Waals surface area (Å²) in [6, 6.07) is 13.5. The molecule has 152 valence electrons. The number of hydrogen-bond acceptors (Lipinski definition) is 5. The summed E-state index contributed by atoms with van der Waals surface area (Å²) in [6.07, 6.45) is 1.60. The Balaban J connectivity index is 1.81. The molecule has 0 spiro atoms. The number of amides is 1. The minimum absolute atomic E-state index is 0.0226. The largest absolute Gasteiger partial charge is 0.368 e. The molecule has 0 saturated heterocycles. The number of thiazole rings is 1. The van der Waals surface area contributed by atoms with Gasteiger partial charge in [-0.1, -0.05) is 55.8 Å². The predicted octanol–water partition coefficient (Wildman–Crippen LogP) is 5.38. The standard InChI is InChI=1S/C22H25ClN4OS/c1-14(2)18(13-25-19-11-10-17(23)12-24-19)27(4)22(28)20-21(29-15(3)26-20)16-8-6-5-7-9-16/h5-12,14,18H,13H2,1-4H3,(H,24,25). The van der Waals surface area contributed by atoms with E-state index in [4.69, 9.17) is 11.6 Å². The van der Waals surface area contributed by atoms with Crippen LogP contribution in [0.4, 0.5) is 5.82 Å². The van der Waals surface area contributed by atoms with E-state index in [2.05, 4.69) is 29.1 Å². The van der Waals surface area contributed by atoms with Gasteiger partial charge in [0, 0.05) is 19.8 Å². The summed E-state index contributed by atoms with van der Waals surface area (Å²) in [5, 5.41) is 4.78. The van der Waals surface area contributed by atoms with Crippen LogP contribution in [-0.4, -0.2) is 40.4 Å². The summed E-state index contributed by atoms with van der Waals surface area (Å²) in [7, 11) is 1.84. The number of nitrogens with one attached hydrogen (secondary N) is 1. The van der Waals surface area contributed by atoms with Gasteiger partial charge in [0.25, 0.3) is 5.91 Å². The van der Waals surface area contributed by atoms with E-state index in [1.54, 1.807) is 28.5 Å². The number of likely N-dealkylation sites (N-methyl/N-ethyl adjacent to an activating group) is 1. The maximum absolute atomic E-state index is 13.4. The minimum atomic E-state index is -0.0715. The SMILES string of the molecule is Cc1nc(C(=O)N(C)C(CNc2ccc(Cl)cn2)C(C)C)c(-c2ccccc2)s1. The highest BCUT2D eigenvalue weighted by atomic mass is 35.5. The fourth-order valence-corrected chi connectivity index (χ4v) is 4.21. The summed E-state index contributed by atoms with van der Waals surface area (Å²) in [5.74, 6) is 0.914. The molecule has 5 nitrogen and oxygen atoms in total. The third kappa shape index (κ3) is 5.14. The normalized spacial score (nSPS) is 12.1. The molecular weight excluding hydrogens is 404 g/mol. The van der Waals surface area contributed by atoms with E-state index in [-0.39, 0.29) is 17.9 Å². The molecule has 0 radical (unpaired) electrons. The van der Waals surface area contributed by atoms with Gasteiger partial charge >= 0.3 is 0 Å². The van der Waals surface area contributed by atoms with Crippen LogP contribution < -0.4 is 5.32 Å². The van der Waals surface area contributed by atoms with Crippen molar-refractivity contribution in [3.8, 4) is 10.4 Å². The Labute approximate surface area is 180 Å². The maximum Gasteiger partial charge on any atom is 0.274 e. The van der Waals surface area contributed by atoms with E-state index in [0.29, 0.717) is 17.3 Å². The van der Waals surface area contributed by atoms with Crippen LogP contribution >= 0.6 is 22.9 Å². The third-order valence-electron chi connectivity index (χ3n) is 4.78. The van der Waals surface area contributed by atoms with Gasteiger partial charge in [-0.25, -0.2) is 9.97 Å². The number of benzene rings is 1. The number of carbonyl (C=O) groups is 1. The molecule has 2 aromatic heterocycles. The number of aryl methyl sites for hydroxylation is 1. The van der Waals surface area contributed by atoms with Crippen LogP contribution in [0.25, 0.3) is 10.4 Å². The summed E-state index contributed by atoms with van der Waals surface area (Å²) in [6.45, 7) is 6.73. The monoisotopic (exact) mass is 428 g/mol. The van der Waals surface area contributed by atoms with E-state index in [0.717, 1.165) is 21.3 Å². The van der Waals surface area contributed by atoms with Gasteiger partial charge in [-0.3, -0.25) is 4.79 Å². The number of nitrogens with zero attached hydrogens (tertiary/aromatic N) is 3. The molecule has 2 heterocycles. The van der Waals surface area contributed by atoms with E-state index in [1.165, 1.54) is 0 Å². The van der Waals surface area contributed by atoms with E-state index >= 15 is 0 Å². The number of rotatable bonds is 7. The topological polar surface area (TPSA) is 58.1 Å². The van der Waals surface area contributed by atoms with E-state index in [9.17, 15) is 4.79 Å². The lowest BCUT2D eigenvalue weighted by Gasteiger charge is -2.31. The van der Waals surface area contributed by atoms with Crippen LogP contribution in [0.3, 0.4) is 0 Å². The Morgan fingerprint density at radius 3 is 2.55 bits per heavy atom. The van der Waals surface area contributed by atoms with Crippen molar-refractivity contribution in [3.63, 3.8) is 0 Å². The second kappa shape index (κ2) is 9.37. The van der Waals surface area contributed by atoms with Crippen LogP contribution in [0.15, 0.2) is 48.7 Å². The zero-order valence-electron chi connectivity index (χ0n) is 17.0. The van der Waals surface area contributed by atoms with Gasteiger partial charge < -0.3 is 10.2 Å². The molecule has 1 unspecified atom stereocenters. The first kappa shape index (κ1) is 21.3. The molecule has 3 rings (SSSR count). The first-order chi connectivity index (χ1) is 13.9. The number of aromatic nitrogens is 2. The number of pyridine rings is 1. The summed E-state index contributed by atoms with van der Waals surface area (Å²) in [5.41, 5.74) is 1.52. The second-order valence-electron chi connectivity index (χ2n) is 7.25. The van der Waals surface area contributed by atoms with Gasteiger partial charge in [0.2, 0.25) is 0 Å². The van der Waals surface area contributed by atoms with E-state index in [1.807, 2.05) is 50.4 Å². The molecule has 0 aliphatic heterocycles. The molecule has 7 heteroatoms. The van der Waals surface area contributed by atoms with Crippen LogP contribution in [0, 0.1) is 12.8 Å². The summed E-state index contributed by atoms with van der Waals surface area (Å²) >= 11 is 7.45. The van der Waals surface area contributed by atoms with Crippen molar-refractivity contribution in [3.05, 3.63) is 64.4 Å². The van der Waals surface area contributed by atoms with Gasteiger partial charge in [-0.05, 0) is 30.5 Å². The molecule has 3 aromatic rings. The van der Waals surface area contributed by atoms with Crippen LogP contribution in [-0.2, 0) is 0 Å². The van der Waals surface area contributed by atoms with E-state index < -0.39 is 0 Å². The average Bonchev–Trinajstić information content (AvgIpc) is 3.11. The van der Waals surface area contributed by atoms with Gasteiger partial charge in [0.05, 0.1) is 20.9 Å². The average molecular weight is 429 g/mol. The highest BCUT2D eigenvalue weighted by Gasteiger charge is 2.28. The van der Waals surface area contributed by atoms with Crippen LogP contribution in [0.1, 0.15) is 29.3 Å². The number of anilines is 1. The molecule has 0 aliphatic rings. The van der Waals surface area contributed by atoms with Gasteiger partial charge in [-0.15, -0.1) is 11.3 Å². The molecule has 1 amide bonds. The molecule has 0 aliphatic carbocycles. The van der Waals surface area contributed by atoms with Crippen LogP contribution in [0.5, 0.6) is 0 Å². The number of halogens is 1. The van der Waals surface area contributed by atoms with Gasteiger partial charge in [0.1, 0.15) is 11.5 Å². The lowest BCUT2D eigenvalue weighted by molar-refractivity contribution is 0.0696. The lowest BCUT2D eigenvalue weighted by atomic mass is 10.0. The highest BCUT2D eigenvalue weighted by Crippen LogP contribution is 2.31. The Morgan fingerprint density at radius 2 is 1.93 bits per heavy atom. The Bertz CT molecular complexity index is 957. The number of carbonyl (C=O) groups excluding carboxylic acids is 1. The second-order valence-corrected chi connectivity index (χ2v) is 8.89. The van der Waals surface area contributed by atoms with Crippen molar-refractivity contribution in [2.75, 3.05) is 18.9 Å². The number of hydrogen-bond donors (Lipinski definition) is 1. The first-order valence-corrected chi connectivity index (χ1v) is 10.7. The zero-order valence-corrected chi connectivity index (χ0v) is 18.6. The zero-order chi connectivity index (χ0) is 21.0. The van der Waals surface area contributed by atoms with Crippen molar-refractivity contribution in [2.24, 2.45) is 5.92 Å². The third-order valence-corrected chi connectivity index (χ3v) is 6.02. The molecule has 1 N–H and O–H groups in total. The molecule has 0 bridgehead atoms. The highest BCUT2D eigenvalue weighted by molar-refractivity contribution is 7.15. The fourth-order valence-electron chi connectivity index (χ4n) is 3.18. The molecule has 1 atom stereocenters. The van der Waals surface area contributed by atoms with Crippen molar-refractivity contribution in [1.82, 2.24) is 14.9 Å². The molecule has 0 saturated carbocycles. The quantitative estimate of drug-likeness (QED) is 0.549. The minimum Gasteiger partial charge on any atom is -0.368 e. The molecule has 29 heavy (non-hydrogen) atoms. The Kier molecular flexibility index (Phi) is 6.87. The molecule has 0 fully saturated rings. The van der Waals surface area contributed by atoms with Crippen LogP contribution in [0.2, 0.25) is 5.02 Å². The molecular formula is C22H25ClN4OS. The van der Waals surface area contributed by atoms with Gasteiger partial charge in [0.15, 0.2) is 0 Å². The van der Waals surface area contributed by atoms with Crippen molar-refractivity contribution in [2.45, 2.75) is 26.8 Å². The van der Waals surface area contributed by atoms with Crippen molar-refractivity contribution < 1.29 is 4.79 Å².